The summed E-state index contributed by atoms with van der Waals surface area (Å²) >= 11 is 0. The van der Waals surface area contributed by atoms with Crippen LogP contribution in [-0.4, -0.2) is 14.5 Å². The van der Waals surface area contributed by atoms with Gasteiger partial charge in [0.2, 0.25) is 0 Å². The lowest BCUT2D eigenvalue weighted by atomic mass is 10.0. The van der Waals surface area contributed by atoms with Gasteiger partial charge in [0.1, 0.15) is 11.6 Å². The number of nitrogens with one attached hydrogen (secondary N) is 1. The number of hydrogen-bond acceptors (Lipinski definition) is 0. The van der Waals surface area contributed by atoms with Gasteiger partial charge in [0.25, 0.3) is 0 Å². The number of aromatic amines is 1. The molecule has 0 spiro atoms. The second-order valence-electron chi connectivity index (χ2n) is 6.87. The Kier molecular flexibility index (Phi) is 9.65. The van der Waals surface area contributed by atoms with Gasteiger partial charge in [-0.1, -0.05) is 0 Å². The third-order valence-electron chi connectivity index (χ3n) is 4.10. The van der Waals surface area contributed by atoms with Crippen LogP contribution in [0.25, 0.3) is 33.8 Å². The van der Waals surface area contributed by atoms with E-state index in [1.54, 1.807) is 24.3 Å². The standard InChI is InChI=1S/C22H14F2NO.2BF4/c23-19-5-1-16(2-6-19)21-13-18(15-9-11-25-12-10-15)14-22(26-21)17-3-7-20(24)8-4-17;2*2-1(3,4)5/h1-14H;;/q+1;2*-1/p+1. The minimum Gasteiger partial charge on any atom is -0.418 e. The summed E-state index contributed by atoms with van der Waals surface area (Å²) in [5.74, 6) is 0.605. The van der Waals surface area contributed by atoms with Gasteiger partial charge in [-0.2, -0.15) is 0 Å². The molecule has 0 saturated heterocycles. The molecule has 4 rings (SSSR count). The van der Waals surface area contributed by atoms with Crippen molar-refractivity contribution in [3.63, 3.8) is 0 Å². The van der Waals surface area contributed by atoms with Crippen molar-refractivity contribution in [1.29, 1.82) is 0 Å². The van der Waals surface area contributed by atoms with Gasteiger partial charge in [-0.05, 0) is 54.1 Å². The van der Waals surface area contributed by atoms with Crippen LogP contribution in [0.5, 0.6) is 0 Å². The lowest BCUT2D eigenvalue weighted by molar-refractivity contribution is -0.377. The van der Waals surface area contributed by atoms with Gasteiger partial charge in [0.05, 0.1) is 23.3 Å². The second kappa shape index (κ2) is 12.2. The van der Waals surface area contributed by atoms with E-state index in [0.29, 0.717) is 11.5 Å². The molecule has 0 aliphatic heterocycles. The maximum atomic E-state index is 13.3. The summed E-state index contributed by atoms with van der Waals surface area (Å²) in [6, 6.07) is 20.0. The molecule has 2 aromatic carbocycles. The fourth-order valence-corrected chi connectivity index (χ4v) is 2.76. The van der Waals surface area contributed by atoms with E-state index in [2.05, 4.69) is 4.98 Å². The third-order valence-corrected chi connectivity index (χ3v) is 4.10. The molecule has 2 aromatic heterocycles. The molecule has 2 heterocycles. The number of benzene rings is 2. The van der Waals surface area contributed by atoms with Gasteiger partial charge in [-0.25, -0.2) is 18.2 Å². The van der Waals surface area contributed by atoms with Crippen LogP contribution < -0.4 is 4.98 Å². The number of H-pyrrole nitrogens is 1. The van der Waals surface area contributed by atoms with Crippen molar-refractivity contribution in [2.75, 3.05) is 0 Å². The van der Waals surface area contributed by atoms with E-state index < -0.39 is 14.5 Å². The van der Waals surface area contributed by atoms with Gasteiger partial charge < -0.3 is 34.5 Å². The Morgan fingerprint density at radius 2 is 0.806 bits per heavy atom. The summed E-state index contributed by atoms with van der Waals surface area (Å²) < 4.78 is 111. The molecule has 190 valence electrons. The van der Waals surface area contributed by atoms with Crippen molar-refractivity contribution in [2.45, 2.75) is 0 Å². The quantitative estimate of drug-likeness (QED) is 0.152. The molecule has 0 unspecified atom stereocenters. The first kappa shape index (κ1) is 28.4. The summed E-state index contributed by atoms with van der Waals surface area (Å²) in [6.07, 6.45) is 3.68. The Bertz CT molecular complexity index is 1150. The van der Waals surface area contributed by atoms with Crippen molar-refractivity contribution < 1.29 is 52.7 Å². The normalized spacial score (nSPS) is 11.1. The summed E-state index contributed by atoms with van der Waals surface area (Å²) in [5, 5.41) is 0. The minimum absolute atomic E-state index is 0.303. The van der Waals surface area contributed by atoms with E-state index in [1.165, 1.54) is 24.3 Å². The fraction of sp³-hybridized carbons (Fsp3) is 0. The Balaban J connectivity index is 0.000000389. The molecule has 1 N–H and O–H groups in total. The van der Waals surface area contributed by atoms with E-state index in [0.717, 1.165) is 22.3 Å². The Hall–Kier alpha value is -3.83. The van der Waals surface area contributed by atoms with Gasteiger partial charge >= 0.3 is 26.0 Å². The summed E-state index contributed by atoms with van der Waals surface area (Å²) in [5.41, 5.74) is 3.48. The smallest absolute Gasteiger partial charge is 0.418 e. The third kappa shape index (κ3) is 11.1. The predicted molar refractivity (Wildman–Crippen MR) is 116 cm³/mol. The van der Waals surface area contributed by atoms with Crippen LogP contribution in [0.4, 0.5) is 43.3 Å². The van der Waals surface area contributed by atoms with E-state index in [-0.39, 0.29) is 11.6 Å². The zero-order chi connectivity index (χ0) is 26.9. The number of aromatic nitrogens is 1. The SMILES string of the molecule is F[B-](F)(F)F.F[B-](F)(F)F.Fc1ccc(-c2cc(-c3cc[nH+]cc3)cc(-c3ccc(F)cc3)[o+]2)cc1. The first-order valence-electron chi connectivity index (χ1n) is 9.90. The van der Waals surface area contributed by atoms with Crippen LogP contribution in [0, 0.1) is 11.6 Å². The molecule has 2 nitrogen and oxygen atoms in total. The molecule has 0 amide bonds. The van der Waals surface area contributed by atoms with Gasteiger partial charge in [0.15, 0.2) is 12.4 Å². The molecule has 0 bridgehead atoms. The number of pyridine rings is 1. The first-order valence-corrected chi connectivity index (χ1v) is 9.90. The first-order chi connectivity index (χ1) is 16.7. The number of rotatable bonds is 3. The highest BCUT2D eigenvalue weighted by atomic mass is 19.5. The Morgan fingerprint density at radius 1 is 0.472 bits per heavy atom. The van der Waals surface area contributed by atoms with Crippen LogP contribution in [0.15, 0.2) is 89.6 Å². The minimum atomic E-state index is -6.00. The Morgan fingerprint density at radius 3 is 1.14 bits per heavy atom. The lowest BCUT2D eigenvalue weighted by Crippen LogP contribution is -2.02. The highest BCUT2D eigenvalue weighted by Gasteiger charge is 2.22. The Labute approximate surface area is 198 Å². The van der Waals surface area contributed by atoms with Crippen LogP contribution in [-0.2, 0) is 0 Å². The second-order valence-corrected chi connectivity index (χ2v) is 6.87. The maximum absolute atomic E-state index is 13.3. The highest BCUT2D eigenvalue weighted by molar-refractivity contribution is 6.50. The average molecular weight is 521 g/mol. The molecule has 14 heteroatoms. The highest BCUT2D eigenvalue weighted by Crippen LogP contribution is 2.32. The van der Waals surface area contributed by atoms with E-state index >= 15 is 0 Å². The molecule has 0 aliphatic carbocycles. The monoisotopic (exact) mass is 521 g/mol. The van der Waals surface area contributed by atoms with E-state index in [9.17, 15) is 43.3 Å². The topological polar surface area (TPSA) is 25.4 Å². The van der Waals surface area contributed by atoms with Crippen molar-refractivity contribution in [1.82, 2.24) is 0 Å². The lowest BCUT2D eigenvalue weighted by Gasteiger charge is -2.01. The van der Waals surface area contributed by atoms with Crippen LogP contribution in [0.3, 0.4) is 0 Å². The molecule has 0 atom stereocenters. The predicted octanol–water partition coefficient (Wildman–Crippen LogP) is 8.25. The van der Waals surface area contributed by atoms with Crippen molar-refractivity contribution >= 4 is 14.5 Å². The molecule has 36 heavy (non-hydrogen) atoms. The fourth-order valence-electron chi connectivity index (χ4n) is 2.76. The summed E-state index contributed by atoms with van der Waals surface area (Å²) in [6.45, 7) is 0. The van der Waals surface area contributed by atoms with Crippen LogP contribution in [0.1, 0.15) is 0 Å². The molecular formula is C22H15B2F10NO. The molecule has 0 aliphatic rings. The largest absolute Gasteiger partial charge is 0.673 e. The molecule has 0 radical (unpaired) electrons. The molecule has 4 aromatic rings. The zero-order valence-corrected chi connectivity index (χ0v) is 17.9. The van der Waals surface area contributed by atoms with Crippen molar-refractivity contribution in [3.8, 4) is 33.8 Å². The number of halogens is 10. The molecule has 0 fully saturated rings. The van der Waals surface area contributed by atoms with Crippen LogP contribution >= 0.6 is 0 Å². The molecular weight excluding hydrogens is 506 g/mol. The van der Waals surface area contributed by atoms with E-state index in [4.69, 9.17) is 4.42 Å². The van der Waals surface area contributed by atoms with Crippen molar-refractivity contribution in [3.05, 3.63) is 96.8 Å². The van der Waals surface area contributed by atoms with Crippen molar-refractivity contribution in [2.24, 2.45) is 0 Å². The maximum Gasteiger partial charge on any atom is 0.673 e. The van der Waals surface area contributed by atoms with Gasteiger partial charge in [-0.3, -0.25) is 0 Å². The number of hydrogen-bond donors (Lipinski definition) is 0. The van der Waals surface area contributed by atoms with E-state index in [1.807, 2.05) is 36.7 Å². The average Bonchev–Trinajstić information content (AvgIpc) is 2.78. The van der Waals surface area contributed by atoms with Gasteiger partial charge in [0, 0.05) is 17.7 Å². The van der Waals surface area contributed by atoms with Gasteiger partial charge in [-0.15, -0.1) is 0 Å². The summed E-state index contributed by atoms with van der Waals surface area (Å²) in [4.78, 5) is 3.00. The summed E-state index contributed by atoms with van der Waals surface area (Å²) in [7, 11) is -12.0. The zero-order valence-electron chi connectivity index (χ0n) is 17.9. The van der Waals surface area contributed by atoms with Crippen LogP contribution in [0.2, 0.25) is 0 Å². The molecule has 0 saturated carbocycles.